The predicted molar refractivity (Wildman–Crippen MR) is 135 cm³/mol. The minimum atomic E-state index is -0.207. The van der Waals surface area contributed by atoms with Gasteiger partial charge in [0.05, 0.1) is 33.5 Å². The Kier molecular flexibility index (Phi) is 5.11. The SMILES string of the molecule is Cc1cccc(C)c1NC(=O)CSc1nc2ccc(N3C(=O)[C@@H]4[C@@H](C3=O)[C@H]3C=C[C@H]4C3)cc2s1. The van der Waals surface area contributed by atoms with Crippen molar-refractivity contribution in [1.82, 2.24) is 4.98 Å². The number of imide groups is 1. The molecule has 34 heavy (non-hydrogen) atoms. The maximum atomic E-state index is 13.1. The van der Waals surface area contributed by atoms with Crippen molar-refractivity contribution in [2.75, 3.05) is 16.0 Å². The molecule has 6 rings (SSSR count). The molecule has 1 aromatic heterocycles. The number of anilines is 2. The zero-order valence-electron chi connectivity index (χ0n) is 18.8. The summed E-state index contributed by atoms with van der Waals surface area (Å²) in [6.07, 6.45) is 5.13. The molecule has 2 aliphatic carbocycles. The maximum absolute atomic E-state index is 13.1. The van der Waals surface area contributed by atoms with E-state index in [0.717, 1.165) is 37.8 Å². The molecule has 172 valence electrons. The van der Waals surface area contributed by atoms with E-state index in [9.17, 15) is 14.4 Å². The number of thioether (sulfide) groups is 1. The van der Waals surface area contributed by atoms with Crippen molar-refractivity contribution in [1.29, 1.82) is 0 Å². The number of rotatable bonds is 5. The summed E-state index contributed by atoms with van der Waals surface area (Å²) >= 11 is 2.86. The molecule has 0 unspecified atom stereocenters. The van der Waals surface area contributed by atoms with Crippen LogP contribution in [-0.2, 0) is 14.4 Å². The second-order valence-electron chi connectivity index (χ2n) is 9.25. The molecule has 6 nitrogen and oxygen atoms in total. The van der Waals surface area contributed by atoms with Gasteiger partial charge in [0.15, 0.2) is 4.34 Å². The average Bonchev–Trinajstić information content (AvgIpc) is 3.57. The van der Waals surface area contributed by atoms with Gasteiger partial charge >= 0.3 is 0 Å². The standard InChI is InChI=1S/C26H23N3O3S2/c1-13-4-3-5-14(2)23(13)28-20(30)12-33-26-27-18-9-8-17(11-19(18)34-26)29-24(31)21-15-6-7-16(10-15)22(21)25(29)32/h3-9,11,15-16,21-22H,10,12H2,1-2H3,(H,28,30)/t15-,16-,21-,22-/m0/s1. The monoisotopic (exact) mass is 489 g/mol. The summed E-state index contributed by atoms with van der Waals surface area (Å²) in [7, 11) is 0. The summed E-state index contributed by atoms with van der Waals surface area (Å²) in [5.41, 5.74) is 4.33. The van der Waals surface area contributed by atoms with Crippen LogP contribution >= 0.6 is 23.1 Å². The molecule has 4 atom stereocenters. The van der Waals surface area contributed by atoms with Gasteiger partial charge in [0.25, 0.3) is 0 Å². The Labute approximate surface area is 205 Å². The lowest BCUT2D eigenvalue weighted by Crippen LogP contribution is -2.32. The number of hydrogen-bond donors (Lipinski definition) is 1. The minimum Gasteiger partial charge on any atom is -0.325 e. The van der Waals surface area contributed by atoms with Crippen molar-refractivity contribution in [2.24, 2.45) is 23.7 Å². The van der Waals surface area contributed by atoms with Crippen LogP contribution in [-0.4, -0.2) is 28.5 Å². The maximum Gasteiger partial charge on any atom is 0.238 e. The van der Waals surface area contributed by atoms with Gasteiger partial charge in [-0.2, -0.15) is 0 Å². The first-order valence-corrected chi connectivity index (χ1v) is 13.2. The minimum absolute atomic E-state index is 0.0755. The van der Waals surface area contributed by atoms with Gasteiger partial charge in [-0.15, -0.1) is 11.3 Å². The first kappa shape index (κ1) is 21.6. The van der Waals surface area contributed by atoms with E-state index in [4.69, 9.17) is 0 Å². The predicted octanol–water partition coefficient (Wildman–Crippen LogP) is 4.96. The van der Waals surface area contributed by atoms with Crippen molar-refractivity contribution in [3.05, 3.63) is 59.7 Å². The number of amides is 3. The van der Waals surface area contributed by atoms with E-state index in [0.29, 0.717) is 5.69 Å². The Hall–Kier alpha value is -2.97. The van der Waals surface area contributed by atoms with Crippen LogP contribution in [0.1, 0.15) is 17.5 Å². The number of aromatic nitrogens is 1. The number of fused-ring (bicyclic) bond motifs is 6. The normalized spacial score (nSPS) is 24.9. The zero-order chi connectivity index (χ0) is 23.6. The number of para-hydroxylation sites is 1. The van der Waals surface area contributed by atoms with Gasteiger partial charge in [-0.25, -0.2) is 9.88 Å². The van der Waals surface area contributed by atoms with E-state index in [-0.39, 0.29) is 47.1 Å². The van der Waals surface area contributed by atoms with Gasteiger partial charge in [0.2, 0.25) is 17.7 Å². The van der Waals surface area contributed by atoms with Gasteiger partial charge in [0, 0.05) is 5.69 Å². The number of carbonyl (C=O) groups is 3. The fourth-order valence-electron chi connectivity index (χ4n) is 5.56. The molecule has 1 N–H and O–H groups in total. The van der Waals surface area contributed by atoms with Crippen LogP contribution in [0, 0.1) is 37.5 Å². The summed E-state index contributed by atoms with van der Waals surface area (Å²) in [6.45, 7) is 3.95. The van der Waals surface area contributed by atoms with Crippen LogP contribution in [0.25, 0.3) is 10.2 Å². The third-order valence-electron chi connectivity index (χ3n) is 7.15. The molecule has 1 saturated heterocycles. The highest BCUT2D eigenvalue weighted by atomic mass is 32.2. The van der Waals surface area contributed by atoms with Gasteiger partial charge < -0.3 is 5.32 Å². The number of aryl methyl sites for hydroxylation is 2. The molecule has 0 radical (unpaired) electrons. The number of thiazole rings is 1. The van der Waals surface area contributed by atoms with E-state index in [1.807, 2.05) is 44.2 Å². The smallest absolute Gasteiger partial charge is 0.238 e. The van der Waals surface area contributed by atoms with Gasteiger partial charge in [0.1, 0.15) is 0 Å². The van der Waals surface area contributed by atoms with Crippen molar-refractivity contribution in [3.63, 3.8) is 0 Å². The van der Waals surface area contributed by atoms with Gasteiger partial charge in [-0.1, -0.05) is 42.1 Å². The highest BCUT2D eigenvalue weighted by Crippen LogP contribution is 2.53. The number of nitrogens with zero attached hydrogens (tertiary/aromatic N) is 2. The molecular weight excluding hydrogens is 466 g/mol. The molecule has 8 heteroatoms. The van der Waals surface area contributed by atoms with Gasteiger partial charge in [-0.3, -0.25) is 14.4 Å². The van der Waals surface area contributed by atoms with E-state index in [1.54, 1.807) is 6.07 Å². The topological polar surface area (TPSA) is 79.4 Å². The molecule has 0 spiro atoms. The molecule has 2 aromatic carbocycles. The first-order chi connectivity index (χ1) is 16.4. The van der Waals surface area contributed by atoms with E-state index < -0.39 is 0 Å². The zero-order valence-corrected chi connectivity index (χ0v) is 20.4. The van der Waals surface area contributed by atoms with Crippen molar-refractivity contribution in [3.8, 4) is 0 Å². The third kappa shape index (κ3) is 3.39. The van der Waals surface area contributed by atoms with E-state index in [2.05, 4.69) is 22.5 Å². The number of carbonyl (C=O) groups excluding carboxylic acids is 3. The number of nitrogens with one attached hydrogen (secondary N) is 1. The van der Waals surface area contributed by atoms with Gasteiger partial charge in [-0.05, 0) is 61.4 Å². The lowest BCUT2D eigenvalue weighted by atomic mass is 9.85. The summed E-state index contributed by atoms with van der Waals surface area (Å²) in [5.74, 6) is -0.0000257. The Bertz CT molecular complexity index is 1340. The van der Waals surface area contributed by atoms with Crippen molar-refractivity contribution >= 4 is 62.4 Å². The molecular formula is C26H23N3O3S2. The second-order valence-corrected chi connectivity index (χ2v) is 11.5. The van der Waals surface area contributed by atoms with E-state index in [1.165, 1.54) is 28.0 Å². The molecule has 2 fully saturated rings. The lowest BCUT2D eigenvalue weighted by Gasteiger charge is -2.17. The highest BCUT2D eigenvalue weighted by Gasteiger charge is 2.59. The fourth-order valence-corrected chi connectivity index (χ4v) is 7.47. The Morgan fingerprint density at radius 1 is 1.09 bits per heavy atom. The van der Waals surface area contributed by atoms with Crippen LogP contribution in [0.4, 0.5) is 11.4 Å². The summed E-state index contributed by atoms with van der Waals surface area (Å²) < 4.78 is 1.68. The fraction of sp³-hybridized carbons (Fsp3) is 0.308. The summed E-state index contributed by atoms with van der Waals surface area (Å²) in [4.78, 5) is 44.8. The van der Waals surface area contributed by atoms with Crippen LogP contribution in [0.5, 0.6) is 0 Å². The van der Waals surface area contributed by atoms with Crippen LogP contribution in [0.3, 0.4) is 0 Å². The number of allylic oxidation sites excluding steroid dienone is 2. The molecule has 2 heterocycles. The Morgan fingerprint density at radius 3 is 2.44 bits per heavy atom. The highest BCUT2D eigenvalue weighted by molar-refractivity contribution is 8.01. The van der Waals surface area contributed by atoms with Crippen LogP contribution in [0.2, 0.25) is 0 Å². The molecule has 2 bridgehead atoms. The number of hydrogen-bond acceptors (Lipinski definition) is 6. The second kappa shape index (κ2) is 8.06. The quantitative estimate of drug-likeness (QED) is 0.311. The number of benzene rings is 2. The summed E-state index contributed by atoms with van der Waals surface area (Å²) in [6, 6.07) is 11.5. The third-order valence-corrected chi connectivity index (χ3v) is 9.31. The molecule has 3 amide bonds. The lowest BCUT2D eigenvalue weighted by molar-refractivity contribution is -0.123. The van der Waals surface area contributed by atoms with Crippen molar-refractivity contribution in [2.45, 2.75) is 24.6 Å². The molecule has 1 saturated carbocycles. The largest absolute Gasteiger partial charge is 0.325 e. The van der Waals surface area contributed by atoms with Crippen LogP contribution in [0.15, 0.2) is 52.9 Å². The Morgan fingerprint density at radius 2 is 1.76 bits per heavy atom. The molecule has 1 aliphatic heterocycles. The first-order valence-electron chi connectivity index (χ1n) is 11.4. The van der Waals surface area contributed by atoms with E-state index >= 15 is 0 Å². The molecule has 3 aliphatic rings. The molecule has 3 aromatic rings. The Balaban J connectivity index is 1.17. The summed E-state index contributed by atoms with van der Waals surface area (Å²) in [5, 5.41) is 3.00. The van der Waals surface area contributed by atoms with Crippen LogP contribution < -0.4 is 10.2 Å². The average molecular weight is 490 g/mol. The van der Waals surface area contributed by atoms with Crippen molar-refractivity contribution < 1.29 is 14.4 Å².